The van der Waals surface area contributed by atoms with Crippen molar-refractivity contribution in [3.05, 3.63) is 58.0 Å². The van der Waals surface area contributed by atoms with Crippen LogP contribution in [0, 0.1) is 5.82 Å². The quantitative estimate of drug-likeness (QED) is 0.157. The maximum absolute atomic E-state index is 13.5. The van der Waals surface area contributed by atoms with Crippen molar-refractivity contribution in [2.75, 3.05) is 5.75 Å². The Hall–Kier alpha value is -2.47. The zero-order chi connectivity index (χ0) is 27.2. The number of hydrogen-bond donors (Lipinski definition) is 2. The SMILES string of the molecule is CCCCCCCCCCCCCCCCSCc1c(-c2ccc(F)cc2)oc2cc(O)cc(O)c2c1=O. The lowest BCUT2D eigenvalue weighted by atomic mass is 10.0. The van der Waals surface area contributed by atoms with E-state index in [1.54, 1.807) is 23.9 Å². The molecular weight excluding hydrogens is 499 g/mol. The van der Waals surface area contributed by atoms with Crippen LogP contribution in [0.5, 0.6) is 11.5 Å². The van der Waals surface area contributed by atoms with E-state index < -0.39 is 0 Å². The normalized spacial score (nSPS) is 11.4. The van der Waals surface area contributed by atoms with Gasteiger partial charge in [0.15, 0.2) is 0 Å². The van der Waals surface area contributed by atoms with Crippen LogP contribution in [0.2, 0.25) is 0 Å². The number of rotatable bonds is 18. The third-order valence-corrected chi connectivity index (χ3v) is 8.12. The standard InChI is InChI=1S/C32H43FO4S/c1-2-3-4-5-6-7-8-9-10-11-12-13-14-15-20-38-23-27-31(36)30-28(35)21-26(34)22-29(30)37-32(27)24-16-18-25(33)19-17-24/h16-19,21-22,34-35H,2-15,20,23H2,1H3. The lowest BCUT2D eigenvalue weighted by Gasteiger charge is -2.11. The average molecular weight is 543 g/mol. The summed E-state index contributed by atoms with van der Waals surface area (Å²) in [5, 5.41) is 20.2. The molecule has 0 atom stereocenters. The first-order valence-corrected chi connectivity index (χ1v) is 15.5. The van der Waals surface area contributed by atoms with Gasteiger partial charge in [0.2, 0.25) is 5.43 Å². The predicted molar refractivity (Wildman–Crippen MR) is 158 cm³/mol. The van der Waals surface area contributed by atoms with Gasteiger partial charge in [-0.05, 0) is 36.4 Å². The molecule has 0 saturated heterocycles. The highest BCUT2D eigenvalue weighted by Gasteiger charge is 2.19. The van der Waals surface area contributed by atoms with Crippen LogP contribution in [0.25, 0.3) is 22.3 Å². The van der Waals surface area contributed by atoms with Crippen molar-refractivity contribution in [2.24, 2.45) is 0 Å². The van der Waals surface area contributed by atoms with Gasteiger partial charge < -0.3 is 14.6 Å². The molecule has 4 nitrogen and oxygen atoms in total. The summed E-state index contributed by atoms with van der Waals surface area (Å²) in [5.41, 5.74) is 0.810. The summed E-state index contributed by atoms with van der Waals surface area (Å²) in [4.78, 5) is 13.3. The predicted octanol–water partition coefficient (Wildman–Crippen LogP) is 9.72. The second kappa shape index (κ2) is 16.5. The molecule has 3 rings (SSSR count). The molecule has 0 bridgehead atoms. The summed E-state index contributed by atoms with van der Waals surface area (Å²) in [6, 6.07) is 8.25. The molecule has 1 aromatic heterocycles. The number of fused-ring (bicyclic) bond motifs is 1. The summed E-state index contributed by atoms with van der Waals surface area (Å²) >= 11 is 1.67. The maximum Gasteiger partial charge on any atom is 0.201 e. The molecule has 0 fully saturated rings. The molecule has 3 aromatic rings. The molecule has 0 amide bonds. The molecule has 0 aliphatic carbocycles. The summed E-state index contributed by atoms with van der Waals surface area (Å²) in [5.74, 6) is 0.839. The van der Waals surface area contributed by atoms with Crippen molar-refractivity contribution < 1.29 is 19.0 Å². The number of halogens is 1. The number of thioether (sulfide) groups is 1. The van der Waals surface area contributed by atoms with E-state index in [9.17, 15) is 19.4 Å². The molecule has 2 N–H and O–H groups in total. The average Bonchev–Trinajstić information content (AvgIpc) is 2.89. The van der Waals surface area contributed by atoms with E-state index >= 15 is 0 Å². The molecule has 6 heteroatoms. The van der Waals surface area contributed by atoms with E-state index in [-0.39, 0.29) is 33.7 Å². The van der Waals surface area contributed by atoms with Gasteiger partial charge in [0.25, 0.3) is 0 Å². The Labute approximate surface area is 230 Å². The molecule has 0 radical (unpaired) electrons. The van der Waals surface area contributed by atoms with Crippen molar-refractivity contribution in [2.45, 2.75) is 103 Å². The molecular formula is C32H43FO4S. The highest BCUT2D eigenvalue weighted by molar-refractivity contribution is 7.98. The van der Waals surface area contributed by atoms with Crippen LogP contribution >= 0.6 is 11.8 Å². The van der Waals surface area contributed by atoms with Crippen LogP contribution in [0.1, 0.15) is 102 Å². The first-order chi connectivity index (χ1) is 18.5. The first kappa shape index (κ1) is 30.1. The fourth-order valence-corrected chi connectivity index (χ4v) is 5.88. The van der Waals surface area contributed by atoms with Gasteiger partial charge in [0, 0.05) is 23.4 Å². The minimum Gasteiger partial charge on any atom is -0.508 e. The van der Waals surface area contributed by atoms with E-state index in [4.69, 9.17) is 4.42 Å². The van der Waals surface area contributed by atoms with Crippen molar-refractivity contribution >= 4 is 22.7 Å². The Morgan fingerprint density at radius 1 is 0.789 bits per heavy atom. The van der Waals surface area contributed by atoms with Gasteiger partial charge in [-0.3, -0.25) is 4.79 Å². The summed E-state index contributed by atoms with van der Waals surface area (Å²) in [7, 11) is 0. The van der Waals surface area contributed by atoms with Crippen LogP contribution in [-0.4, -0.2) is 16.0 Å². The Morgan fingerprint density at radius 2 is 1.34 bits per heavy atom. The van der Waals surface area contributed by atoms with Crippen LogP contribution < -0.4 is 5.43 Å². The highest BCUT2D eigenvalue weighted by atomic mass is 32.2. The number of phenols is 2. The largest absolute Gasteiger partial charge is 0.508 e. The smallest absolute Gasteiger partial charge is 0.201 e. The van der Waals surface area contributed by atoms with Gasteiger partial charge in [0.05, 0.1) is 5.56 Å². The van der Waals surface area contributed by atoms with Crippen molar-refractivity contribution in [3.8, 4) is 22.8 Å². The molecule has 1 heterocycles. The van der Waals surface area contributed by atoms with Crippen LogP contribution in [0.4, 0.5) is 4.39 Å². The zero-order valence-electron chi connectivity index (χ0n) is 22.8. The van der Waals surface area contributed by atoms with Crippen LogP contribution in [0.15, 0.2) is 45.6 Å². The van der Waals surface area contributed by atoms with E-state index in [1.165, 1.54) is 102 Å². The number of hydrogen-bond acceptors (Lipinski definition) is 5. The second-order valence-corrected chi connectivity index (χ2v) is 11.3. The Kier molecular flexibility index (Phi) is 13.0. The third-order valence-electron chi connectivity index (χ3n) is 7.05. The van der Waals surface area contributed by atoms with Gasteiger partial charge in [-0.25, -0.2) is 4.39 Å². The number of benzene rings is 2. The summed E-state index contributed by atoms with van der Waals surface area (Å²) in [6.45, 7) is 2.26. The minimum atomic E-state index is -0.374. The van der Waals surface area contributed by atoms with E-state index in [0.29, 0.717) is 22.6 Å². The van der Waals surface area contributed by atoms with Gasteiger partial charge in [-0.2, -0.15) is 11.8 Å². The molecule has 208 valence electrons. The van der Waals surface area contributed by atoms with E-state index in [2.05, 4.69) is 6.92 Å². The van der Waals surface area contributed by atoms with Crippen LogP contribution in [-0.2, 0) is 5.75 Å². The molecule has 0 aliphatic heterocycles. The van der Waals surface area contributed by atoms with Gasteiger partial charge in [0.1, 0.15) is 34.0 Å². The Morgan fingerprint density at radius 3 is 1.92 bits per heavy atom. The molecule has 0 saturated carbocycles. The molecule has 38 heavy (non-hydrogen) atoms. The summed E-state index contributed by atoms with van der Waals surface area (Å²) in [6.07, 6.45) is 18.5. The highest BCUT2D eigenvalue weighted by Crippen LogP contribution is 2.34. The monoisotopic (exact) mass is 542 g/mol. The van der Waals surface area contributed by atoms with Gasteiger partial charge >= 0.3 is 0 Å². The maximum atomic E-state index is 13.5. The Bertz CT molecular complexity index is 1170. The molecule has 0 aliphatic rings. The minimum absolute atomic E-state index is 0.0563. The zero-order valence-corrected chi connectivity index (χ0v) is 23.6. The summed E-state index contributed by atoms with van der Waals surface area (Å²) < 4.78 is 19.5. The Balaban J connectivity index is 1.43. The second-order valence-electron chi connectivity index (χ2n) is 10.2. The van der Waals surface area contributed by atoms with E-state index in [1.807, 2.05) is 0 Å². The van der Waals surface area contributed by atoms with Crippen LogP contribution in [0.3, 0.4) is 0 Å². The van der Waals surface area contributed by atoms with Crippen molar-refractivity contribution in [3.63, 3.8) is 0 Å². The number of unbranched alkanes of at least 4 members (excludes halogenated alkanes) is 13. The van der Waals surface area contributed by atoms with Gasteiger partial charge in [-0.1, -0.05) is 90.4 Å². The van der Waals surface area contributed by atoms with Crippen molar-refractivity contribution in [1.29, 1.82) is 0 Å². The van der Waals surface area contributed by atoms with Gasteiger partial charge in [-0.15, -0.1) is 0 Å². The third kappa shape index (κ3) is 9.37. The fourth-order valence-electron chi connectivity index (χ4n) is 4.86. The van der Waals surface area contributed by atoms with Crippen molar-refractivity contribution in [1.82, 2.24) is 0 Å². The molecule has 0 unspecified atom stereocenters. The lowest BCUT2D eigenvalue weighted by Crippen LogP contribution is -2.11. The molecule has 0 spiro atoms. The fraction of sp³-hybridized carbons (Fsp3) is 0.531. The molecule has 2 aromatic carbocycles. The lowest BCUT2D eigenvalue weighted by molar-refractivity contribution is 0.452. The topological polar surface area (TPSA) is 70.7 Å². The number of phenolic OH excluding ortho intramolecular Hbond substituents is 2. The van der Waals surface area contributed by atoms with E-state index in [0.717, 1.165) is 18.2 Å². The first-order valence-electron chi connectivity index (χ1n) is 14.4. The number of aromatic hydroxyl groups is 2.